The van der Waals surface area contributed by atoms with E-state index in [4.69, 9.17) is 4.98 Å². The van der Waals surface area contributed by atoms with Crippen molar-refractivity contribution < 1.29 is 4.57 Å². The highest BCUT2D eigenvalue weighted by molar-refractivity contribution is 7.18. The van der Waals surface area contributed by atoms with Crippen molar-refractivity contribution in [2.75, 3.05) is 0 Å². The summed E-state index contributed by atoms with van der Waals surface area (Å²) in [5, 5.41) is 1.35. The van der Waals surface area contributed by atoms with Gasteiger partial charge in [-0.25, -0.2) is 4.98 Å². The number of hydrogen-bond acceptors (Lipinski definition) is 2. The lowest BCUT2D eigenvalue weighted by Crippen LogP contribution is -2.33. The molecule has 2 aromatic heterocycles. The SMILES string of the molecule is CCn1c(CC2=C/C(=C/c3sc4ccccc4[n+]3CC)CCC2)nc2ccccc21. The molecule has 0 bridgehead atoms. The van der Waals surface area contributed by atoms with E-state index < -0.39 is 0 Å². The fourth-order valence-electron chi connectivity index (χ4n) is 4.64. The van der Waals surface area contributed by atoms with Crippen LogP contribution in [0.3, 0.4) is 0 Å². The van der Waals surface area contributed by atoms with Gasteiger partial charge in [-0.1, -0.05) is 47.3 Å². The molecule has 0 N–H and O–H groups in total. The predicted octanol–water partition coefficient (Wildman–Crippen LogP) is 6.31. The number of aromatic nitrogens is 3. The average Bonchev–Trinajstić information content (AvgIpc) is 3.30. The lowest BCUT2D eigenvalue weighted by atomic mass is 9.93. The number of thiazole rings is 1. The molecule has 3 nitrogen and oxygen atoms in total. The van der Waals surface area contributed by atoms with Crippen molar-refractivity contribution in [3.63, 3.8) is 0 Å². The summed E-state index contributed by atoms with van der Waals surface area (Å²) in [6.45, 7) is 6.41. The number of fused-ring (bicyclic) bond motifs is 2. The molecule has 4 heteroatoms. The molecule has 0 unspecified atom stereocenters. The standard InChI is InChI=1S/C26H28N3S/c1-3-28-22-13-6-5-12-21(22)27-25(28)17-19-10-9-11-20(16-19)18-26-29(4-2)23-14-7-8-15-24(23)30-26/h5-8,12-16,18H,3-4,9-11,17H2,1-2H3/q+1/b20-18+. The Balaban J connectivity index is 1.48. The molecule has 2 aromatic carbocycles. The van der Waals surface area contributed by atoms with Crippen LogP contribution >= 0.6 is 11.3 Å². The molecule has 0 atom stereocenters. The van der Waals surface area contributed by atoms with Gasteiger partial charge in [-0.05, 0) is 56.9 Å². The van der Waals surface area contributed by atoms with Gasteiger partial charge in [0.05, 0.1) is 11.0 Å². The molecule has 0 aliphatic heterocycles. The normalized spacial score (nSPS) is 15.9. The Morgan fingerprint density at radius 2 is 1.90 bits per heavy atom. The van der Waals surface area contributed by atoms with E-state index in [0.717, 1.165) is 31.4 Å². The second kappa shape index (κ2) is 8.19. The topological polar surface area (TPSA) is 21.7 Å². The summed E-state index contributed by atoms with van der Waals surface area (Å²) in [5.74, 6) is 1.19. The Morgan fingerprint density at radius 1 is 1.07 bits per heavy atom. The zero-order chi connectivity index (χ0) is 20.5. The van der Waals surface area contributed by atoms with E-state index >= 15 is 0 Å². The van der Waals surface area contributed by atoms with Crippen LogP contribution in [-0.2, 0) is 19.5 Å². The van der Waals surface area contributed by atoms with Crippen LogP contribution in [0, 0.1) is 0 Å². The molecule has 5 rings (SSSR count). The van der Waals surface area contributed by atoms with E-state index in [2.05, 4.69) is 83.7 Å². The van der Waals surface area contributed by atoms with Gasteiger partial charge in [0, 0.05) is 25.1 Å². The summed E-state index contributed by atoms with van der Waals surface area (Å²) in [4.78, 5) is 4.94. The molecule has 152 valence electrons. The largest absolute Gasteiger partial charge is 0.328 e. The number of benzene rings is 2. The molecular weight excluding hydrogens is 386 g/mol. The van der Waals surface area contributed by atoms with Gasteiger partial charge >= 0.3 is 0 Å². The molecule has 0 fully saturated rings. The van der Waals surface area contributed by atoms with Gasteiger partial charge in [0.2, 0.25) is 5.52 Å². The van der Waals surface area contributed by atoms with Crippen LogP contribution in [0.5, 0.6) is 0 Å². The number of nitrogens with zero attached hydrogens (tertiary/aromatic N) is 3. The lowest BCUT2D eigenvalue weighted by Gasteiger charge is -2.15. The molecule has 0 amide bonds. The summed E-state index contributed by atoms with van der Waals surface area (Å²) < 4.78 is 6.17. The van der Waals surface area contributed by atoms with Crippen molar-refractivity contribution >= 4 is 38.7 Å². The molecule has 0 radical (unpaired) electrons. The third-order valence-corrected chi connectivity index (χ3v) is 7.16. The molecule has 30 heavy (non-hydrogen) atoms. The number of para-hydroxylation sites is 3. The van der Waals surface area contributed by atoms with Crippen molar-refractivity contribution in [1.29, 1.82) is 0 Å². The number of imidazole rings is 1. The zero-order valence-corrected chi connectivity index (χ0v) is 18.6. The molecule has 1 aliphatic carbocycles. The second-order valence-electron chi connectivity index (χ2n) is 7.97. The van der Waals surface area contributed by atoms with Crippen LogP contribution in [0.15, 0.2) is 65.8 Å². The van der Waals surface area contributed by atoms with Crippen LogP contribution in [0.1, 0.15) is 43.9 Å². The van der Waals surface area contributed by atoms with Crippen molar-refractivity contribution in [3.8, 4) is 0 Å². The summed E-state index contributed by atoms with van der Waals surface area (Å²) in [6, 6.07) is 17.2. The average molecular weight is 415 g/mol. The highest BCUT2D eigenvalue weighted by atomic mass is 32.1. The summed E-state index contributed by atoms with van der Waals surface area (Å²) in [6.07, 6.45) is 9.35. The predicted molar refractivity (Wildman–Crippen MR) is 127 cm³/mol. The number of aryl methyl sites for hydroxylation is 2. The Morgan fingerprint density at radius 3 is 2.77 bits per heavy atom. The number of rotatable bonds is 5. The number of hydrogen-bond donors (Lipinski definition) is 0. The third-order valence-electron chi connectivity index (χ3n) is 6.05. The smallest absolute Gasteiger partial charge is 0.263 e. The van der Waals surface area contributed by atoms with Crippen molar-refractivity contribution in [1.82, 2.24) is 9.55 Å². The maximum Gasteiger partial charge on any atom is 0.263 e. The summed E-state index contributed by atoms with van der Waals surface area (Å²) in [5.41, 5.74) is 6.64. The van der Waals surface area contributed by atoms with Crippen molar-refractivity contribution in [2.45, 2.75) is 52.6 Å². The van der Waals surface area contributed by atoms with Crippen LogP contribution in [0.2, 0.25) is 0 Å². The van der Waals surface area contributed by atoms with Gasteiger partial charge in [0.1, 0.15) is 17.1 Å². The fraction of sp³-hybridized carbons (Fsp3) is 0.308. The minimum atomic E-state index is 0.944. The Kier molecular flexibility index (Phi) is 5.26. The van der Waals surface area contributed by atoms with Gasteiger partial charge in [-0.3, -0.25) is 0 Å². The van der Waals surface area contributed by atoms with Crippen LogP contribution in [0.4, 0.5) is 0 Å². The maximum absolute atomic E-state index is 4.94. The fourth-order valence-corrected chi connectivity index (χ4v) is 5.84. The van der Waals surface area contributed by atoms with Crippen LogP contribution < -0.4 is 4.57 Å². The molecule has 4 aromatic rings. The first kappa shape index (κ1) is 19.3. The van der Waals surface area contributed by atoms with Gasteiger partial charge in [-0.15, -0.1) is 0 Å². The first-order valence-electron chi connectivity index (χ1n) is 11.0. The molecule has 1 aliphatic rings. The van der Waals surface area contributed by atoms with E-state index in [1.165, 1.54) is 50.6 Å². The van der Waals surface area contributed by atoms with Gasteiger partial charge in [0.25, 0.3) is 5.01 Å². The quantitative estimate of drug-likeness (QED) is 0.350. The molecule has 0 saturated heterocycles. The first-order valence-corrected chi connectivity index (χ1v) is 11.8. The van der Waals surface area contributed by atoms with E-state index in [1.54, 1.807) is 0 Å². The van der Waals surface area contributed by atoms with Crippen molar-refractivity contribution in [2.24, 2.45) is 0 Å². The monoisotopic (exact) mass is 414 g/mol. The molecule has 0 saturated carbocycles. The molecule has 0 spiro atoms. The summed E-state index contributed by atoms with van der Waals surface area (Å²) >= 11 is 1.90. The number of allylic oxidation sites excluding steroid dienone is 3. The van der Waals surface area contributed by atoms with E-state index in [0.29, 0.717) is 0 Å². The first-order chi connectivity index (χ1) is 14.8. The van der Waals surface area contributed by atoms with Crippen LogP contribution in [-0.4, -0.2) is 9.55 Å². The second-order valence-corrected chi connectivity index (χ2v) is 9.03. The van der Waals surface area contributed by atoms with Gasteiger partial charge < -0.3 is 4.57 Å². The van der Waals surface area contributed by atoms with E-state index in [1.807, 2.05) is 11.3 Å². The van der Waals surface area contributed by atoms with Gasteiger partial charge in [0.15, 0.2) is 0 Å². The highest BCUT2D eigenvalue weighted by Gasteiger charge is 2.19. The van der Waals surface area contributed by atoms with Crippen LogP contribution in [0.25, 0.3) is 27.3 Å². The third kappa shape index (κ3) is 3.50. The molecule has 2 heterocycles. The minimum absolute atomic E-state index is 0.944. The summed E-state index contributed by atoms with van der Waals surface area (Å²) in [7, 11) is 0. The highest BCUT2D eigenvalue weighted by Crippen LogP contribution is 2.29. The maximum atomic E-state index is 4.94. The zero-order valence-electron chi connectivity index (χ0n) is 17.8. The molecular formula is C26H28N3S+. The van der Waals surface area contributed by atoms with E-state index in [-0.39, 0.29) is 0 Å². The van der Waals surface area contributed by atoms with E-state index in [9.17, 15) is 0 Å². The van der Waals surface area contributed by atoms with Crippen molar-refractivity contribution in [3.05, 3.63) is 76.6 Å². The Bertz CT molecular complexity index is 1270. The Labute approximate surface area is 182 Å². The minimum Gasteiger partial charge on any atom is -0.328 e. The lowest BCUT2D eigenvalue weighted by molar-refractivity contribution is -0.665. The Hall–Kier alpha value is -2.72. The van der Waals surface area contributed by atoms with Gasteiger partial charge in [-0.2, -0.15) is 4.57 Å².